The van der Waals surface area contributed by atoms with Gasteiger partial charge in [-0.3, -0.25) is 9.69 Å². The van der Waals surface area contributed by atoms with E-state index in [0.717, 1.165) is 52.2 Å². The molecule has 9 rings (SSSR count). The molecule has 0 radical (unpaired) electrons. The molecule has 10 nitrogen and oxygen atoms in total. The third-order valence-electron chi connectivity index (χ3n) is 17.8. The van der Waals surface area contributed by atoms with Crippen LogP contribution in [0.2, 0.25) is 0 Å². The minimum atomic E-state index is -1.29. The van der Waals surface area contributed by atoms with Gasteiger partial charge in [0.25, 0.3) is 0 Å². The first-order valence-corrected chi connectivity index (χ1v) is 21.0. The molecular weight excluding hydrogens is 662 g/mol. The van der Waals surface area contributed by atoms with Crippen molar-refractivity contribution in [3.63, 3.8) is 0 Å². The van der Waals surface area contributed by atoms with E-state index < -0.39 is 23.9 Å². The van der Waals surface area contributed by atoms with Gasteiger partial charge in [-0.2, -0.15) is 0 Å². The zero-order valence-corrected chi connectivity index (χ0v) is 32.9. The normalized spacial score (nSPS) is 51.9. The molecule has 4 heterocycles. The SMILES string of the molecule is C[C@@H]1CC(C(OC(=O)C2CCOC2)C(C)(C)O)OC2[C@H]1C1(C)CCC34CC35CCC(O[C@H]3CN(C6COC6)CCO3)C(C)(C)[C@@H]5CCC4[C@]1(C)[C@H]2O. The van der Waals surface area contributed by atoms with Crippen molar-refractivity contribution < 1.29 is 43.4 Å². The molecule has 9 aliphatic rings. The van der Waals surface area contributed by atoms with E-state index in [0.29, 0.717) is 49.3 Å². The summed E-state index contributed by atoms with van der Waals surface area (Å²) in [5.74, 6) is 0.860. The van der Waals surface area contributed by atoms with Gasteiger partial charge in [0, 0.05) is 18.6 Å². The van der Waals surface area contributed by atoms with Gasteiger partial charge < -0.3 is 38.6 Å². The Labute approximate surface area is 311 Å². The van der Waals surface area contributed by atoms with Gasteiger partial charge in [-0.25, -0.2) is 0 Å². The minimum absolute atomic E-state index is 0.0425. The largest absolute Gasteiger partial charge is 0.456 e. The zero-order chi connectivity index (χ0) is 36.6. The van der Waals surface area contributed by atoms with Crippen LogP contribution in [0.3, 0.4) is 0 Å². The van der Waals surface area contributed by atoms with Crippen LogP contribution in [0, 0.1) is 56.7 Å². The monoisotopic (exact) mass is 729 g/mol. The van der Waals surface area contributed by atoms with E-state index in [4.69, 9.17) is 28.4 Å². The molecule has 5 saturated carbocycles. The molecular formula is C42H67NO9. The van der Waals surface area contributed by atoms with Crippen molar-refractivity contribution in [3.8, 4) is 0 Å². The van der Waals surface area contributed by atoms with E-state index in [1.165, 1.54) is 25.7 Å². The van der Waals surface area contributed by atoms with Crippen molar-refractivity contribution in [2.45, 2.75) is 155 Å². The van der Waals surface area contributed by atoms with Gasteiger partial charge >= 0.3 is 5.97 Å². The highest BCUT2D eigenvalue weighted by atomic mass is 16.7. The van der Waals surface area contributed by atoms with Crippen LogP contribution >= 0.6 is 0 Å². The summed E-state index contributed by atoms with van der Waals surface area (Å²) in [6.45, 7) is 20.6. The molecule has 2 spiro atoms. The van der Waals surface area contributed by atoms with Crippen LogP contribution in [0.4, 0.5) is 0 Å². The van der Waals surface area contributed by atoms with Crippen LogP contribution in [-0.4, -0.2) is 116 Å². The quantitative estimate of drug-likeness (QED) is 0.349. The van der Waals surface area contributed by atoms with Gasteiger partial charge in [-0.05, 0) is 117 Å². The second-order valence-electron chi connectivity index (χ2n) is 20.7. The average Bonchev–Trinajstić information content (AvgIpc) is 3.31. The van der Waals surface area contributed by atoms with Gasteiger partial charge in [0.15, 0.2) is 12.4 Å². The highest BCUT2D eigenvalue weighted by Crippen LogP contribution is 2.89. The van der Waals surface area contributed by atoms with Crippen molar-refractivity contribution in [1.82, 2.24) is 4.90 Å². The van der Waals surface area contributed by atoms with E-state index in [2.05, 4.69) is 39.5 Å². The molecule has 5 aliphatic carbocycles. The minimum Gasteiger partial charge on any atom is -0.456 e. The molecule has 0 bridgehead atoms. The highest BCUT2D eigenvalue weighted by Gasteiger charge is 2.84. The van der Waals surface area contributed by atoms with Gasteiger partial charge in [0.1, 0.15) is 0 Å². The van der Waals surface area contributed by atoms with Gasteiger partial charge in [-0.1, -0.05) is 34.6 Å². The fraction of sp³-hybridized carbons (Fsp3) is 0.976. The van der Waals surface area contributed by atoms with Crippen molar-refractivity contribution in [3.05, 3.63) is 0 Å². The molecule has 9 fully saturated rings. The topological polar surface area (TPSA) is 116 Å². The number of carbonyl (C=O) groups is 1. The van der Waals surface area contributed by atoms with Gasteiger partial charge in [0.05, 0.1) is 74.9 Å². The Balaban J connectivity index is 0.938. The van der Waals surface area contributed by atoms with E-state index in [-0.39, 0.29) is 63.9 Å². The molecule has 0 aromatic carbocycles. The van der Waals surface area contributed by atoms with Gasteiger partial charge in [-0.15, -0.1) is 0 Å². The molecule has 0 amide bonds. The maximum absolute atomic E-state index is 13.2. The van der Waals surface area contributed by atoms with Gasteiger partial charge in [0.2, 0.25) is 0 Å². The predicted molar refractivity (Wildman–Crippen MR) is 192 cm³/mol. The lowest BCUT2D eigenvalue weighted by Gasteiger charge is -2.64. The maximum atomic E-state index is 13.2. The van der Waals surface area contributed by atoms with E-state index >= 15 is 0 Å². The first kappa shape index (κ1) is 36.8. The number of esters is 1. The zero-order valence-electron chi connectivity index (χ0n) is 32.9. The molecule has 52 heavy (non-hydrogen) atoms. The smallest absolute Gasteiger partial charge is 0.311 e. The number of aliphatic hydroxyl groups is 2. The molecule has 4 aliphatic heterocycles. The predicted octanol–water partition coefficient (Wildman–Crippen LogP) is 4.96. The molecule has 0 aromatic rings. The Morgan fingerprint density at radius 2 is 1.69 bits per heavy atom. The number of hydrogen-bond donors (Lipinski definition) is 2. The number of carbonyl (C=O) groups excluding carboxylic acids is 1. The molecule has 15 atom stereocenters. The Morgan fingerprint density at radius 1 is 0.942 bits per heavy atom. The third kappa shape index (κ3) is 5.05. The molecule has 2 N–H and O–H groups in total. The first-order valence-electron chi connectivity index (χ1n) is 21.0. The highest BCUT2D eigenvalue weighted by molar-refractivity contribution is 5.73. The number of aliphatic hydroxyl groups excluding tert-OH is 1. The lowest BCUT2D eigenvalue weighted by molar-refractivity contribution is -0.256. The molecule has 10 heteroatoms. The Bertz CT molecular complexity index is 1390. The summed E-state index contributed by atoms with van der Waals surface area (Å²) in [5.41, 5.74) is -1.05. The summed E-state index contributed by atoms with van der Waals surface area (Å²) in [6, 6.07) is 0.504. The van der Waals surface area contributed by atoms with Crippen LogP contribution in [0.25, 0.3) is 0 Å². The fourth-order valence-electron chi connectivity index (χ4n) is 15.0. The van der Waals surface area contributed by atoms with Crippen LogP contribution in [0.15, 0.2) is 0 Å². The van der Waals surface area contributed by atoms with Crippen LogP contribution < -0.4 is 0 Å². The summed E-state index contributed by atoms with van der Waals surface area (Å²) >= 11 is 0. The Morgan fingerprint density at radius 3 is 2.38 bits per heavy atom. The summed E-state index contributed by atoms with van der Waals surface area (Å²) < 4.78 is 37.2. The average molecular weight is 730 g/mol. The van der Waals surface area contributed by atoms with Crippen LogP contribution in [-0.2, 0) is 33.2 Å². The van der Waals surface area contributed by atoms with Crippen molar-refractivity contribution in [2.24, 2.45) is 56.7 Å². The number of nitrogens with zero attached hydrogens (tertiary/aromatic N) is 1. The summed E-state index contributed by atoms with van der Waals surface area (Å²) in [4.78, 5) is 15.7. The molecule has 9 unspecified atom stereocenters. The van der Waals surface area contributed by atoms with Crippen LogP contribution in [0.5, 0.6) is 0 Å². The second kappa shape index (κ2) is 12.3. The first-order chi connectivity index (χ1) is 24.6. The standard InChI is InChI=1S/C42H67NO9/c1-24-18-27(35(38(4,5)46)52-36(45)25-11-16-47-20-25)50-33-32(24)39(6)13-14-42-23-41(42)12-10-30(51-31-19-43(15-17-49-31)26-21-48-22-26)37(2,3)28(41)8-9-29(42)40(39,7)34(33)44/h24-35,44,46H,8-23H2,1-7H3/t24-,25?,27?,28+,29?,30?,31+,32+,33?,34+,35?,39?,40-,41?,42?/m1/s1. The maximum Gasteiger partial charge on any atom is 0.311 e. The number of fused-ring (bicyclic) bond motifs is 4. The number of hydrogen-bond acceptors (Lipinski definition) is 10. The lowest BCUT2D eigenvalue weighted by atomic mass is 9.41. The fourth-order valence-corrected chi connectivity index (χ4v) is 15.0. The van der Waals surface area contributed by atoms with Crippen molar-refractivity contribution >= 4 is 5.97 Å². The third-order valence-corrected chi connectivity index (χ3v) is 17.8. The van der Waals surface area contributed by atoms with Crippen molar-refractivity contribution in [2.75, 3.05) is 46.1 Å². The number of rotatable bonds is 7. The molecule has 294 valence electrons. The second-order valence-corrected chi connectivity index (χ2v) is 20.7. The summed E-state index contributed by atoms with van der Waals surface area (Å²) in [5, 5.41) is 24.1. The number of ether oxygens (including phenoxy) is 6. The van der Waals surface area contributed by atoms with Crippen LogP contribution in [0.1, 0.15) is 106 Å². The Kier molecular flexibility index (Phi) is 8.71. The Hall–Kier alpha value is -0.850. The van der Waals surface area contributed by atoms with E-state index in [1.807, 2.05) is 0 Å². The summed E-state index contributed by atoms with van der Waals surface area (Å²) in [7, 11) is 0. The summed E-state index contributed by atoms with van der Waals surface area (Å²) in [6.07, 6.45) is 7.23. The molecule has 4 saturated heterocycles. The molecule has 0 aromatic heterocycles. The van der Waals surface area contributed by atoms with Crippen molar-refractivity contribution in [1.29, 1.82) is 0 Å². The number of morpholine rings is 1. The lowest BCUT2D eigenvalue weighted by Crippen LogP contribution is -2.60. The van der Waals surface area contributed by atoms with E-state index in [1.54, 1.807) is 13.8 Å². The van der Waals surface area contributed by atoms with E-state index in [9.17, 15) is 15.0 Å².